The molecule has 1 nitrogen and oxygen atoms in total. The molecule has 0 aliphatic rings. The van der Waals surface area contributed by atoms with Gasteiger partial charge in [-0.3, -0.25) is 0 Å². The summed E-state index contributed by atoms with van der Waals surface area (Å²) in [6.07, 6.45) is 3.52. The fourth-order valence-electron chi connectivity index (χ4n) is 0.983. The fraction of sp³-hybridized carbons (Fsp3) is 1.00. The molecule has 1 heteroatoms. The average molecular weight is 144 g/mol. The lowest BCUT2D eigenvalue weighted by Crippen LogP contribution is -1.99. The van der Waals surface area contributed by atoms with Gasteiger partial charge in [-0.2, -0.15) is 0 Å². The molecule has 0 heterocycles. The van der Waals surface area contributed by atoms with E-state index < -0.39 is 0 Å². The number of aliphatic hydroxyl groups is 1. The summed E-state index contributed by atoms with van der Waals surface area (Å²) >= 11 is 0. The standard InChI is InChI=1S/C9H20O/c1-8(2)4-5-9(3)6-7-10/h8-10H,4-7H2,1-3H3. The smallest absolute Gasteiger partial charge is 0.0433 e. The normalized spacial score (nSPS) is 14.1. The summed E-state index contributed by atoms with van der Waals surface area (Å²) < 4.78 is 0. The Morgan fingerprint density at radius 2 is 1.60 bits per heavy atom. The molecule has 0 saturated carbocycles. The molecule has 10 heavy (non-hydrogen) atoms. The monoisotopic (exact) mass is 144 g/mol. The molecule has 0 saturated heterocycles. The molecule has 0 aliphatic heterocycles. The first-order valence-corrected chi connectivity index (χ1v) is 4.27. The van der Waals surface area contributed by atoms with Gasteiger partial charge in [-0.05, 0) is 18.3 Å². The predicted molar refractivity (Wildman–Crippen MR) is 44.9 cm³/mol. The van der Waals surface area contributed by atoms with E-state index in [0.29, 0.717) is 12.5 Å². The van der Waals surface area contributed by atoms with Crippen molar-refractivity contribution in [1.82, 2.24) is 0 Å². The van der Waals surface area contributed by atoms with E-state index in [1.54, 1.807) is 0 Å². The summed E-state index contributed by atoms with van der Waals surface area (Å²) in [4.78, 5) is 0. The Labute approximate surface area is 64.5 Å². The molecule has 62 valence electrons. The zero-order chi connectivity index (χ0) is 7.98. The minimum atomic E-state index is 0.346. The SMILES string of the molecule is CC(C)CCC(C)CCO. The molecule has 0 spiro atoms. The zero-order valence-corrected chi connectivity index (χ0v) is 7.43. The maximum atomic E-state index is 8.60. The van der Waals surface area contributed by atoms with Crippen molar-refractivity contribution in [3.63, 3.8) is 0 Å². The van der Waals surface area contributed by atoms with Gasteiger partial charge >= 0.3 is 0 Å². The van der Waals surface area contributed by atoms with Crippen molar-refractivity contribution in [3.05, 3.63) is 0 Å². The van der Waals surface area contributed by atoms with Gasteiger partial charge in [0.1, 0.15) is 0 Å². The largest absolute Gasteiger partial charge is 0.396 e. The van der Waals surface area contributed by atoms with Crippen molar-refractivity contribution in [3.8, 4) is 0 Å². The molecule has 0 bridgehead atoms. The third kappa shape index (κ3) is 6.09. The van der Waals surface area contributed by atoms with E-state index in [1.807, 2.05) is 0 Å². The van der Waals surface area contributed by atoms with Crippen LogP contribution in [0.4, 0.5) is 0 Å². The third-order valence-corrected chi connectivity index (χ3v) is 1.86. The van der Waals surface area contributed by atoms with E-state index in [2.05, 4.69) is 20.8 Å². The first kappa shape index (κ1) is 9.96. The van der Waals surface area contributed by atoms with Crippen molar-refractivity contribution in [2.24, 2.45) is 11.8 Å². The molecule has 0 rings (SSSR count). The van der Waals surface area contributed by atoms with Gasteiger partial charge in [-0.1, -0.05) is 33.6 Å². The summed E-state index contributed by atoms with van der Waals surface area (Å²) in [5.41, 5.74) is 0. The van der Waals surface area contributed by atoms with Crippen molar-refractivity contribution < 1.29 is 5.11 Å². The van der Waals surface area contributed by atoms with Gasteiger partial charge in [0, 0.05) is 6.61 Å². The first-order chi connectivity index (χ1) is 4.66. The Morgan fingerprint density at radius 1 is 1.00 bits per heavy atom. The van der Waals surface area contributed by atoms with Crippen LogP contribution in [-0.4, -0.2) is 11.7 Å². The van der Waals surface area contributed by atoms with E-state index in [0.717, 1.165) is 12.3 Å². The van der Waals surface area contributed by atoms with Crippen molar-refractivity contribution >= 4 is 0 Å². The average Bonchev–Trinajstić information content (AvgIpc) is 1.85. The molecule has 0 aromatic carbocycles. The second kappa shape index (κ2) is 5.72. The minimum Gasteiger partial charge on any atom is -0.396 e. The lowest BCUT2D eigenvalue weighted by atomic mass is 9.97. The number of aliphatic hydroxyl groups excluding tert-OH is 1. The molecule has 0 radical (unpaired) electrons. The van der Waals surface area contributed by atoms with Crippen molar-refractivity contribution in [2.75, 3.05) is 6.61 Å². The van der Waals surface area contributed by atoms with Gasteiger partial charge in [0.2, 0.25) is 0 Å². The van der Waals surface area contributed by atoms with Gasteiger partial charge in [0.05, 0.1) is 0 Å². The van der Waals surface area contributed by atoms with Gasteiger partial charge < -0.3 is 5.11 Å². The van der Waals surface area contributed by atoms with Gasteiger partial charge in [0.15, 0.2) is 0 Å². The summed E-state index contributed by atoms with van der Waals surface area (Å²) in [6, 6.07) is 0. The van der Waals surface area contributed by atoms with Crippen LogP contribution in [0, 0.1) is 11.8 Å². The highest BCUT2D eigenvalue weighted by Crippen LogP contribution is 2.13. The van der Waals surface area contributed by atoms with Crippen LogP contribution in [0.1, 0.15) is 40.0 Å². The summed E-state index contributed by atoms with van der Waals surface area (Å²) in [5.74, 6) is 1.51. The highest BCUT2D eigenvalue weighted by Gasteiger charge is 2.01. The molecule has 0 amide bonds. The van der Waals surface area contributed by atoms with Crippen LogP contribution in [0.5, 0.6) is 0 Å². The molecule has 1 unspecified atom stereocenters. The number of rotatable bonds is 5. The summed E-state index contributed by atoms with van der Waals surface area (Å²) in [5, 5.41) is 8.60. The highest BCUT2D eigenvalue weighted by atomic mass is 16.2. The van der Waals surface area contributed by atoms with E-state index in [1.165, 1.54) is 12.8 Å². The molecule has 0 aromatic rings. The Kier molecular flexibility index (Phi) is 5.70. The van der Waals surface area contributed by atoms with Crippen LogP contribution in [0.15, 0.2) is 0 Å². The second-order valence-electron chi connectivity index (χ2n) is 3.59. The van der Waals surface area contributed by atoms with E-state index in [-0.39, 0.29) is 0 Å². The van der Waals surface area contributed by atoms with Crippen LogP contribution in [-0.2, 0) is 0 Å². The van der Waals surface area contributed by atoms with E-state index in [4.69, 9.17) is 5.11 Å². The van der Waals surface area contributed by atoms with Gasteiger partial charge in [0.25, 0.3) is 0 Å². The number of hydrogen-bond donors (Lipinski definition) is 1. The molecule has 1 atom stereocenters. The molecule has 1 N–H and O–H groups in total. The Hall–Kier alpha value is -0.0400. The van der Waals surface area contributed by atoms with Crippen LogP contribution in [0.25, 0.3) is 0 Å². The third-order valence-electron chi connectivity index (χ3n) is 1.86. The fourth-order valence-corrected chi connectivity index (χ4v) is 0.983. The number of hydrogen-bond acceptors (Lipinski definition) is 1. The lowest BCUT2D eigenvalue weighted by Gasteiger charge is -2.10. The molecular weight excluding hydrogens is 124 g/mol. The Morgan fingerprint density at radius 3 is 2.00 bits per heavy atom. The van der Waals surface area contributed by atoms with Crippen molar-refractivity contribution in [1.29, 1.82) is 0 Å². The first-order valence-electron chi connectivity index (χ1n) is 4.27. The maximum Gasteiger partial charge on any atom is 0.0433 e. The quantitative estimate of drug-likeness (QED) is 0.628. The van der Waals surface area contributed by atoms with Crippen LogP contribution >= 0.6 is 0 Å². The van der Waals surface area contributed by atoms with E-state index in [9.17, 15) is 0 Å². The van der Waals surface area contributed by atoms with Gasteiger partial charge in [-0.25, -0.2) is 0 Å². The molecular formula is C9H20O. The van der Waals surface area contributed by atoms with Crippen LogP contribution < -0.4 is 0 Å². The zero-order valence-electron chi connectivity index (χ0n) is 7.43. The summed E-state index contributed by atoms with van der Waals surface area (Å²) in [7, 11) is 0. The maximum absolute atomic E-state index is 8.60. The Bertz CT molecular complexity index is 69.1. The molecule has 0 fully saturated rings. The lowest BCUT2D eigenvalue weighted by molar-refractivity contribution is 0.254. The topological polar surface area (TPSA) is 20.2 Å². The van der Waals surface area contributed by atoms with Gasteiger partial charge in [-0.15, -0.1) is 0 Å². The highest BCUT2D eigenvalue weighted by molar-refractivity contribution is 4.54. The van der Waals surface area contributed by atoms with Crippen LogP contribution in [0.2, 0.25) is 0 Å². The van der Waals surface area contributed by atoms with Crippen molar-refractivity contribution in [2.45, 2.75) is 40.0 Å². The minimum absolute atomic E-state index is 0.346. The van der Waals surface area contributed by atoms with E-state index >= 15 is 0 Å². The Balaban J connectivity index is 3.12. The second-order valence-corrected chi connectivity index (χ2v) is 3.59. The van der Waals surface area contributed by atoms with Crippen LogP contribution in [0.3, 0.4) is 0 Å². The predicted octanol–water partition coefficient (Wildman–Crippen LogP) is 2.44. The molecule has 0 aromatic heterocycles. The molecule has 0 aliphatic carbocycles. The summed E-state index contributed by atoms with van der Waals surface area (Å²) in [6.45, 7) is 7.04.